The maximum absolute atomic E-state index is 11.7. The van der Waals surface area contributed by atoms with Crippen molar-refractivity contribution < 1.29 is 4.79 Å². The van der Waals surface area contributed by atoms with Crippen molar-refractivity contribution in [2.75, 3.05) is 25.0 Å². The Bertz CT molecular complexity index is 267. The van der Waals surface area contributed by atoms with Crippen molar-refractivity contribution in [2.45, 2.75) is 51.0 Å². The fourth-order valence-corrected chi connectivity index (χ4v) is 3.49. The molecule has 1 atom stereocenters. The highest BCUT2D eigenvalue weighted by Crippen LogP contribution is 2.20. The summed E-state index contributed by atoms with van der Waals surface area (Å²) in [4.78, 5) is 13.8. The van der Waals surface area contributed by atoms with Gasteiger partial charge in [-0.2, -0.15) is 0 Å². The molecule has 1 aliphatic carbocycles. The second-order valence-corrected chi connectivity index (χ2v) is 6.35. The summed E-state index contributed by atoms with van der Waals surface area (Å²) in [5.74, 6) is 0.876. The fourth-order valence-electron chi connectivity index (χ4n) is 3.06. The number of nitrogens with one attached hydrogen (secondary N) is 1. The number of hydrogen-bond acceptors (Lipinski definition) is 2. The summed E-state index contributed by atoms with van der Waals surface area (Å²) in [5.41, 5.74) is 0. The zero-order chi connectivity index (χ0) is 12.8. The highest BCUT2D eigenvalue weighted by molar-refractivity contribution is 9.09. The largest absolute Gasteiger partial charge is 0.342 e. The van der Waals surface area contributed by atoms with Crippen LogP contribution in [0.2, 0.25) is 0 Å². The van der Waals surface area contributed by atoms with Crippen LogP contribution >= 0.6 is 15.9 Å². The third-order valence-corrected chi connectivity index (χ3v) is 5.07. The van der Waals surface area contributed by atoms with E-state index in [0.717, 1.165) is 43.8 Å². The minimum absolute atomic E-state index is 0.345. The molecule has 18 heavy (non-hydrogen) atoms. The average molecular weight is 317 g/mol. The third-order valence-electron chi connectivity index (χ3n) is 4.16. The van der Waals surface area contributed by atoms with Gasteiger partial charge in [-0.15, -0.1) is 0 Å². The Kier molecular flexibility index (Phi) is 5.96. The number of hydrogen-bond donors (Lipinski definition) is 1. The molecule has 1 saturated heterocycles. The van der Waals surface area contributed by atoms with Crippen LogP contribution in [0.4, 0.5) is 0 Å². The monoisotopic (exact) mass is 316 g/mol. The van der Waals surface area contributed by atoms with Crippen molar-refractivity contribution >= 4 is 21.8 Å². The number of carbonyl (C=O) groups is 1. The second kappa shape index (κ2) is 7.49. The van der Waals surface area contributed by atoms with Crippen molar-refractivity contribution in [3.8, 4) is 0 Å². The van der Waals surface area contributed by atoms with E-state index in [1.54, 1.807) is 0 Å². The van der Waals surface area contributed by atoms with Crippen molar-refractivity contribution in [3.05, 3.63) is 0 Å². The first kappa shape index (κ1) is 14.3. The van der Waals surface area contributed by atoms with Gasteiger partial charge in [0.15, 0.2) is 0 Å². The molecule has 0 aromatic rings. The van der Waals surface area contributed by atoms with E-state index in [1.807, 2.05) is 4.90 Å². The summed E-state index contributed by atoms with van der Waals surface area (Å²) in [6, 6.07) is 0.739. The number of nitrogens with zero attached hydrogens (tertiary/aromatic N) is 1. The third kappa shape index (κ3) is 4.23. The second-order valence-electron chi connectivity index (χ2n) is 5.71. The molecule has 1 unspecified atom stereocenters. The Hall–Kier alpha value is -0.0900. The van der Waals surface area contributed by atoms with Gasteiger partial charge in [-0.05, 0) is 31.7 Å². The molecule has 2 fully saturated rings. The molecule has 0 aromatic carbocycles. The number of alkyl halides is 1. The van der Waals surface area contributed by atoms with Gasteiger partial charge in [0.05, 0.1) is 0 Å². The number of carbonyl (C=O) groups excluding carboxylic acids is 1. The standard InChI is InChI=1S/C14H25BrN2O/c15-10-12-9-14(18)17(11-12)8-4-7-16-13-5-2-1-3-6-13/h12-13,16H,1-11H2. The average Bonchev–Trinajstić information content (AvgIpc) is 2.77. The molecule has 1 saturated carbocycles. The lowest BCUT2D eigenvalue weighted by Gasteiger charge is -2.23. The predicted molar refractivity (Wildman–Crippen MR) is 78.0 cm³/mol. The van der Waals surface area contributed by atoms with E-state index in [4.69, 9.17) is 0 Å². The number of rotatable bonds is 6. The van der Waals surface area contributed by atoms with Crippen molar-refractivity contribution in [1.82, 2.24) is 10.2 Å². The minimum Gasteiger partial charge on any atom is -0.342 e. The molecule has 0 aromatic heterocycles. The molecule has 3 nitrogen and oxygen atoms in total. The zero-order valence-corrected chi connectivity index (χ0v) is 12.8. The highest BCUT2D eigenvalue weighted by Gasteiger charge is 2.27. The molecule has 0 bridgehead atoms. The Balaban J connectivity index is 1.56. The van der Waals surface area contributed by atoms with Crippen molar-refractivity contribution in [3.63, 3.8) is 0 Å². The molecule has 1 amide bonds. The quantitative estimate of drug-likeness (QED) is 0.603. The van der Waals surface area contributed by atoms with E-state index in [9.17, 15) is 4.79 Å². The lowest BCUT2D eigenvalue weighted by atomic mass is 9.95. The predicted octanol–water partition coefficient (Wildman–Crippen LogP) is 2.54. The van der Waals surface area contributed by atoms with Gasteiger partial charge in [0.25, 0.3) is 0 Å². The van der Waals surface area contributed by atoms with E-state index in [0.29, 0.717) is 11.8 Å². The zero-order valence-electron chi connectivity index (χ0n) is 11.2. The minimum atomic E-state index is 0.345. The van der Waals surface area contributed by atoms with Crippen LogP contribution in [0, 0.1) is 5.92 Å². The van der Waals surface area contributed by atoms with E-state index in [2.05, 4.69) is 21.2 Å². The highest BCUT2D eigenvalue weighted by atomic mass is 79.9. The summed E-state index contributed by atoms with van der Waals surface area (Å²) >= 11 is 3.47. The van der Waals surface area contributed by atoms with Gasteiger partial charge in [-0.25, -0.2) is 0 Å². The van der Waals surface area contributed by atoms with Gasteiger partial charge in [0.2, 0.25) is 5.91 Å². The summed E-state index contributed by atoms with van der Waals surface area (Å²) in [5, 5.41) is 4.59. The SMILES string of the molecule is O=C1CC(CBr)CN1CCCNC1CCCCC1. The van der Waals surface area contributed by atoms with Crippen LogP contribution < -0.4 is 5.32 Å². The smallest absolute Gasteiger partial charge is 0.222 e. The lowest BCUT2D eigenvalue weighted by molar-refractivity contribution is -0.127. The van der Waals surface area contributed by atoms with Crippen molar-refractivity contribution in [1.29, 1.82) is 0 Å². The molecule has 104 valence electrons. The molecule has 0 radical (unpaired) electrons. The van der Waals surface area contributed by atoms with Crippen LogP contribution in [-0.2, 0) is 4.79 Å². The summed E-state index contributed by atoms with van der Waals surface area (Å²) in [6.07, 6.45) is 8.69. The molecule has 2 aliphatic rings. The first-order valence-corrected chi connectivity index (χ1v) is 8.49. The van der Waals surface area contributed by atoms with Crippen LogP contribution in [-0.4, -0.2) is 41.8 Å². The molecular weight excluding hydrogens is 292 g/mol. The molecule has 1 aliphatic heterocycles. The number of amides is 1. The first-order chi connectivity index (χ1) is 8.79. The van der Waals surface area contributed by atoms with Crippen LogP contribution in [0.5, 0.6) is 0 Å². The van der Waals surface area contributed by atoms with Crippen molar-refractivity contribution in [2.24, 2.45) is 5.92 Å². The summed E-state index contributed by atoms with van der Waals surface area (Å²) in [7, 11) is 0. The molecular formula is C14H25BrN2O. The van der Waals surface area contributed by atoms with Gasteiger partial charge < -0.3 is 10.2 Å². The molecule has 0 spiro atoms. The molecule has 2 rings (SSSR count). The lowest BCUT2D eigenvalue weighted by Crippen LogP contribution is -2.34. The Morgan fingerprint density at radius 3 is 2.72 bits per heavy atom. The van der Waals surface area contributed by atoms with Crippen LogP contribution in [0.1, 0.15) is 44.9 Å². The normalized spacial score (nSPS) is 25.9. The van der Waals surface area contributed by atoms with Gasteiger partial charge >= 0.3 is 0 Å². The molecule has 1 heterocycles. The van der Waals surface area contributed by atoms with Crippen LogP contribution in [0.15, 0.2) is 0 Å². The van der Waals surface area contributed by atoms with Crippen LogP contribution in [0.25, 0.3) is 0 Å². The maximum Gasteiger partial charge on any atom is 0.222 e. The summed E-state index contributed by atoms with van der Waals surface area (Å²) in [6.45, 7) is 2.95. The Morgan fingerprint density at radius 1 is 1.28 bits per heavy atom. The number of likely N-dealkylation sites (tertiary alicyclic amines) is 1. The van der Waals surface area contributed by atoms with Gasteiger partial charge in [0, 0.05) is 30.9 Å². The molecule has 4 heteroatoms. The van der Waals surface area contributed by atoms with Gasteiger partial charge in [-0.3, -0.25) is 4.79 Å². The van der Waals surface area contributed by atoms with Gasteiger partial charge in [0.1, 0.15) is 0 Å². The van der Waals surface area contributed by atoms with Gasteiger partial charge in [-0.1, -0.05) is 35.2 Å². The van der Waals surface area contributed by atoms with E-state index in [-0.39, 0.29) is 0 Å². The van der Waals surface area contributed by atoms with E-state index >= 15 is 0 Å². The fraction of sp³-hybridized carbons (Fsp3) is 0.929. The Labute approximate surface area is 119 Å². The van der Waals surface area contributed by atoms with Crippen LogP contribution in [0.3, 0.4) is 0 Å². The summed E-state index contributed by atoms with van der Waals surface area (Å²) < 4.78 is 0. The maximum atomic E-state index is 11.7. The Morgan fingerprint density at radius 2 is 2.06 bits per heavy atom. The van der Waals surface area contributed by atoms with E-state index < -0.39 is 0 Å². The topological polar surface area (TPSA) is 32.3 Å². The number of halogens is 1. The molecule has 1 N–H and O–H groups in total. The van der Waals surface area contributed by atoms with E-state index in [1.165, 1.54) is 32.1 Å². The first-order valence-electron chi connectivity index (χ1n) is 7.36.